The molecule has 0 aromatic carbocycles. The van der Waals surface area contributed by atoms with Gasteiger partial charge in [-0.1, -0.05) is 135 Å². The molecule has 0 radical (unpaired) electrons. The van der Waals surface area contributed by atoms with Crippen molar-refractivity contribution in [2.24, 2.45) is 0 Å². The third kappa shape index (κ3) is 42.3. The molecule has 0 rings (SSSR count). The molecule has 0 bridgehead atoms. The van der Waals surface area contributed by atoms with Crippen LogP contribution in [0.2, 0.25) is 0 Å². The molecule has 332 valence electrons. The normalized spacial score (nSPS) is 15.3. The van der Waals surface area contributed by atoms with Crippen LogP contribution < -0.4 is 4.89 Å². The predicted molar refractivity (Wildman–Crippen MR) is 241 cm³/mol. The maximum Gasteiger partial charge on any atom is 0.306 e. The zero-order valence-corrected chi connectivity index (χ0v) is 37.6. The van der Waals surface area contributed by atoms with Crippen molar-refractivity contribution in [3.63, 3.8) is 0 Å². The highest BCUT2D eigenvalue weighted by Gasteiger charge is 2.21. The number of likely N-dealkylation sites (N-methyl/N-ethyl adjacent to an activating group) is 1. The van der Waals surface area contributed by atoms with E-state index >= 15 is 0 Å². The number of aliphatic hydroxyl groups excluding tert-OH is 1. The summed E-state index contributed by atoms with van der Waals surface area (Å²) in [6, 6.07) is 0. The second-order valence-corrected chi connectivity index (χ2v) is 16.2. The molecule has 0 saturated carbocycles. The van der Waals surface area contributed by atoms with E-state index in [0.29, 0.717) is 43.1 Å². The lowest BCUT2D eigenvalue weighted by molar-refractivity contribution is -0.870. The molecule has 3 atom stereocenters. The maximum atomic E-state index is 12.6. The molecule has 0 aliphatic rings. The Morgan fingerprint density at radius 3 is 1.63 bits per heavy atom. The van der Waals surface area contributed by atoms with Gasteiger partial charge in [0.1, 0.15) is 19.8 Å². The molecule has 1 N–H and O–H groups in total. The fourth-order valence-corrected chi connectivity index (χ4v) is 5.47. The highest BCUT2D eigenvalue weighted by molar-refractivity contribution is 7.45. The van der Waals surface area contributed by atoms with Crippen LogP contribution in [-0.4, -0.2) is 81.2 Å². The zero-order valence-electron chi connectivity index (χ0n) is 36.7. The van der Waals surface area contributed by atoms with E-state index < -0.39 is 38.6 Å². The zero-order chi connectivity index (χ0) is 43.7. The fourth-order valence-electron chi connectivity index (χ4n) is 4.74. The Hall–Kier alpha value is -3.63. The Morgan fingerprint density at radius 2 is 1.10 bits per heavy atom. The van der Waals surface area contributed by atoms with Crippen molar-refractivity contribution >= 4 is 19.8 Å². The predicted octanol–water partition coefficient (Wildman–Crippen LogP) is 10.5. The van der Waals surface area contributed by atoms with Crippen LogP contribution in [0.3, 0.4) is 0 Å². The van der Waals surface area contributed by atoms with Gasteiger partial charge in [0.15, 0.2) is 6.10 Å². The molecule has 0 aliphatic carbocycles. The minimum Gasteiger partial charge on any atom is -0.756 e. The Morgan fingerprint density at radius 1 is 0.627 bits per heavy atom. The van der Waals surface area contributed by atoms with Gasteiger partial charge in [-0.25, -0.2) is 0 Å². The van der Waals surface area contributed by atoms with E-state index in [1.54, 1.807) is 0 Å². The molecule has 0 amide bonds. The summed E-state index contributed by atoms with van der Waals surface area (Å²) in [5.41, 5.74) is 0. The van der Waals surface area contributed by atoms with E-state index in [1.807, 2.05) is 82.8 Å². The lowest BCUT2D eigenvalue weighted by atomic mass is 10.2. The van der Waals surface area contributed by atoms with Crippen LogP contribution in [0.25, 0.3) is 0 Å². The molecule has 0 saturated heterocycles. The van der Waals surface area contributed by atoms with Crippen molar-refractivity contribution in [1.82, 2.24) is 0 Å². The Bertz CT molecular complexity index is 1430. The number of hydrogen-bond acceptors (Lipinski definition) is 9. The number of nitrogens with zero attached hydrogens (tertiary/aromatic N) is 1. The van der Waals surface area contributed by atoms with Crippen LogP contribution in [-0.2, 0) is 32.7 Å². The number of phosphoric acid groups is 1. The van der Waals surface area contributed by atoms with Gasteiger partial charge in [0.25, 0.3) is 7.82 Å². The SMILES string of the molecule is CC/C=C\C/C=C\C/C=C\C/C=C\C/C=C\CCCC(=O)O[C@H](COC(=O)CCC/C=C\C/C=C\C/C=C\C=C\CC(O)/C=C\CC)COP(=O)([O-])OCC[N+](C)(C)C. The van der Waals surface area contributed by atoms with E-state index in [4.69, 9.17) is 18.5 Å². The van der Waals surface area contributed by atoms with Gasteiger partial charge in [-0.15, -0.1) is 0 Å². The number of esters is 2. The number of unbranched alkanes of at least 4 members (excludes halogenated alkanes) is 2. The number of rotatable bonds is 36. The first kappa shape index (κ1) is 55.4. The van der Waals surface area contributed by atoms with Crippen molar-refractivity contribution in [3.05, 3.63) is 122 Å². The van der Waals surface area contributed by atoms with Gasteiger partial charge in [0.2, 0.25) is 0 Å². The number of allylic oxidation sites excluding steroid dienone is 18. The van der Waals surface area contributed by atoms with Crippen LogP contribution >= 0.6 is 7.82 Å². The first-order valence-electron chi connectivity index (χ1n) is 21.4. The summed E-state index contributed by atoms with van der Waals surface area (Å²) >= 11 is 0. The minimum absolute atomic E-state index is 0.0652. The third-order valence-electron chi connectivity index (χ3n) is 8.05. The number of aliphatic hydroxyl groups is 1. The van der Waals surface area contributed by atoms with E-state index in [-0.39, 0.29) is 26.1 Å². The molecule has 0 aliphatic heterocycles. The van der Waals surface area contributed by atoms with Crippen molar-refractivity contribution in [3.8, 4) is 0 Å². The maximum absolute atomic E-state index is 12.6. The first-order chi connectivity index (χ1) is 28.4. The molecule has 0 aromatic heterocycles. The summed E-state index contributed by atoms with van der Waals surface area (Å²) in [4.78, 5) is 37.5. The summed E-state index contributed by atoms with van der Waals surface area (Å²) < 4.78 is 33.7. The van der Waals surface area contributed by atoms with Gasteiger partial charge in [-0.2, -0.15) is 0 Å². The van der Waals surface area contributed by atoms with E-state index in [2.05, 4.69) is 73.8 Å². The van der Waals surface area contributed by atoms with Gasteiger partial charge in [0, 0.05) is 12.8 Å². The van der Waals surface area contributed by atoms with Crippen molar-refractivity contribution < 1.29 is 47.2 Å². The number of quaternary nitrogens is 1. The second kappa shape index (κ2) is 38.6. The van der Waals surface area contributed by atoms with E-state index in [0.717, 1.165) is 51.4 Å². The fraction of sp³-hybridized carbons (Fsp3) is 0.542. The average Bonchev–Trinajstić information content (AvgIpc) is 3.18. The monoisotopic (exact) mass is 842 g/mol. The molecular weight excluding hydrogens is 766 g/mol. The van der Waals surface area contributed by atoms with Crippen molar-refractivity contribution in [1.29, 1.82) is 0 Å². The molecule has 11 heteroatoms. The smallest absolute Gasteiger partial charge is 0.306 e. The number of ether oxygens (including phenoxy) is 2. The number of carbonyl (C=O) groups excluding carboxylic acids is 2. The number of phosphoric ester groups is 1. The summed E-state index contributed by atoms with van der Waals surface area (Å²) in [7, 11) is 1.05. The Labute approximate surface area is 357 Å². The highest BCUT2D eigenvalue weighted by atomic mass is 31.2. The summed E-state index contributed by atoms with van der Waals surface area (Å²) in [6.07, 6.45) is 50.1. The molecule has 10 nitrogen and oxygen atoms in total. The van der Waals surface area contributed by atoms with Crippen LogP contribution in [0.4, 0.5) is 0 Å². The average molecular weight is 842 g/mol. The highest BCUT2D eigenvalue weighted by Crippen LogP contribution is 2.38. The van der Waals surface area contributed by atoms with Gasteiger partial charge in [-0.05, 0) is 83.5 Å². The van der Waals surface area contributed by atoms with Crippen LogP contribution in [0.1, 0.15) is 110 Å². The largest absolute Gasteiger partial charge is 0.756 e. The summed E-state index contributed by atoms with van der Waals surface area (Å²) in [6.45, 7) is 3.68. The van der Waals surface area contributed by atoms with Crippen molar-refractivity contribution in [2.45, 2.75) is 122 Å². The van der Waals surface area contributed by atoms with Gasteiger partial charge in [0.05, 0.1) is 33.9 Å². The molecule has 0 aromatic rings. The molecule has 2 unspecified atom stereocenters. The van der Waals surface area contributed by atoms with Crippen LogP contribution in [0.15, 0.2) is 122 Å². The minimum atomic E-state index is -4.67. The third-order valence-corrected chi connectivity index (χ3v) is 9.02. The van der Waals surface area contributed by atoms with Crippen molar-refractivity contribution in [2.75, 3.05) is 47.5 Å². The molecular formula is C48H76NO9P. The summed E-state index contributed by atoms with van der Waals surface area (Å²) in [5.74, 6) is -1.01. The lowest BCUT2D eigenvalue weighted by Crippen LogP contribution is -2.37. The van der Waals surface area contributed by atoms with Gasteiger partial charge >= 0.3 is 11.9 Å². The Balaban J connectivity index is 4.63. The first-order valence-corrected chi connectivity index (χ1v) is 22.8. The standard InChI is InChI=1S/C48H76NO9P/c1-6-8-10-11-12-13-14-15-16-17-18-19-24-27-30-33-36-40-48(52)58-46(44-57-59(53,54)56-42-41-49(3,4)5)43-55-47(51)39-35-32-29-26-23-21-20-22-25-28-31-34-38-45(50)37-9-7-2/h8-10,12-13,15-16,18-21,25-31,34,37,45-46,50H,6-7,11,14,17,22-24,32-33,35-36,38-44H2,1-5H3/b10-8-,13-12-,16-15-,19-18-,21-20-,28-25-,29-26-,30-27-,34-31+,37-9-/t45?,46-/m1/s1. The molecule has 59 heavy (non-hydrogen) atoms. The Kier molecular flexibility index (Phi) is 36.2. The second-order valence-electron chi connectivity index (χ2n) is 14.8. The van der Waals surface area contributed by atoms with Gasteiger partial charge in [-0.3, -0.25) is 14.2 Å². The van der Waals surface area contributed by atoms with Gasteiger partial charge < -0.3 is 33.0 Å². The van der Waals surface area contributed by atoms with Crippen LogP contribution in [0.5, 0.6) is 0 Å². The van der Waals surface area contributed by atoms with E-state index in [9.17, 15) is 24.2 Å². The quantitative estimate of drug-likeness (QED) is 0.0164. The lowest BCUT2D eigenvalue weighted by Gasteiger charge is -2.28. The number of hydrogen-bond donors (Lipinski definition) is 1. The molecule has 0 spiro atoms. The van der Waals surface area contributed by atoms with E-state index in [1.165, 1.54) is 0 Å². The summed E-state index contributed by atoms with van der Waals surface area (Å²) in [5, 5.41) is 9.77. The van der Waals surface area contributed by atoms with Crippen LogP contribution in [0, 0.1) is 0 Å². The molecule has 0 heterocycles. The molecule has 0 fully saturated rings. The number of carbonyl (C=O) groups is 2. The topological polar surface area (TPSA) is 131 Å².